The zero-order chi connectivity index (χ0) is 17.2. The maximum absolute atomic E-state index is 13.1. The number of anilines is 1. The van der Waals surface area contributed by atoms with E-state index in [1.165, 1.54) is 25.0 Å². The lowest BCUT2D eigenvalue weighted by Gasteiger charge is -2.23. The quantitative estimate of drug-likeness (QED) is 0.775. The lowest BCUT2D eigenvalue weighted by molar-refractivity contribution is 0.285. The number of hydrogen-bond donors (Lipinski definition) is 0. The van der Waals surface area contributed by atoms with Crippen LogP contribution >= 0.6 is 11.6 Å². The van der Waals surface area contributed by atoms with E-state index in [0.717, 1.165) is 56.4 Å². The molecule has 132 valence electrons. The van der Waals surface area contributed by atoms with Gasteiger partial charge in [-0.25, -0.2) is 14.4 Å². The van der Waals surface area contributed by atoms with Crippen molar-refractivity contribution in [2.75, 3.05) is 31.1 Å². The second-order valence-corrected chi connectivity index (χ2v) is 7.31. The van der Waals surface area contributed by atoms with Gasteiger partial charge in [-0.2, -0.15) is 0 Å². The first-order valence-electron chi connectivity index (χ1n) is 8.93. The molecule has 0 bridgehead atoms. The summed E-state index contributed by atoms with van der Waals surface area (Å²) in [5.41, 5.74) is 1.15. The maximum Gasteiger partial charge on any atom is 0.135 e. The van der Waals surface area contributed by atoms with E-state index in [9.17, 15) is 4.39 Å². The van der Waals surface area contributed by atoms with Crippen LogP contribution in [-0.4, -0.2) is 41.0 Å². The van der Waals surface area contributed by atoms with Gasteiger partial charge in [0.2, 0.25) is 0 Å². The highest BCUT2D eigenvalue weighted by Crippen LogP contribution is 2.39. The Kier molecular flexibility index (Phi) is 4.86. The number of nitrogens with zero attached hydrogens (tertiary/aromatic N) is 4. The van der Waals surface area contributed by atoms with E-state index >= 15 is 0 Å². The van der Waals surface area contributed by atoms with Crippen LogP contribution in [0, 0.1) is 5.82 Å². The molecule has 4 rings (SSSR count). The first-order chi connectivity index (χ1) is 12.2. The maximum atomic E-state index is 13.1. The monoisotopic (exact) mass is 360 g/mol. The van der Waals surface area contributed by atoms with Crippen molar-refractivity contribution in [2.24, 2.45) is 0 Å². The van der Waals surface area contributed by atoms with Gasteiger partial charge >= 0.3 is 0 Å². The third-order valence-electron chi connectivity index (χ3n) is 4.87. The zero-order valence-corrected chi connectivity index (χ0v) is 14.9. The fourth-order valence-corrected chi connectivity index (χ4v) is 3.50. The summed E-state index contributed by atoms with van der Waals surface area (Å²) in [7, 11) is 0. The second-order valence-electron chi connectivity index (χ2n) is 6.92. The summed E-state index contributed by atoms with van der Waals surface area (Å²) in [6, 6.07) is 8.67. The van der Waals surface area contributed by atoms with Crippen molar-refractivity contribution in [3.05, 3.63) is 52.7 Å². The Bertz CT molecular complexity index is 733. The average Bonchev–Trinajstić information content (AvgIpc) is 3.44. The first-order valence-corrected chi connectivity index (χ1v) is 9.31. The third kappa shape index (κ3) is 4.28. The molecule has 1 aromatic carbocycles. The van der Waals surface area contributed by atoms with Gasteiger partial charge in [-0.15, -0.1) is 0 Å². The number of benzene rings is 1. The molecular weight excluding hydrogens is 339 g/mol. The molecule has 4 nitrogen and oxygen atoms in total. The average molecular weight is 361 g/mol. The molecule has 1 aliphatic heterocycles. The molecule has 0 N–H and O–H groups in total. The highest BCUT2D eigenvalue weighted by molar-refractivity contribution is 6.29. The molecule has 0 radical (unpaired) electrons. The van der Waals surface area contributed by atoms with E-state index in [1.54, 1.807) is 0 Å². The molecule has 0 amide bonds. The molecule has 1 saturated heterocycles. The van der Waals surface area contributed by atoms with Crippen molar-refractivity contribution in [2.45, 2.75) is 31.7 Å². The summed E-state index contributed by atoms with van der Waals surface area (Å²) in [5.74, 6) is 2.16. The van der Waals surface area contributed by atoms with Crippen LogP contribution in [0.5, 0.6) is 0 Å². The van der Waals surface area contributed by atoms with E-state index in [-0.39, 0.29) is 5.82 Å². The zero-order valence-electron chi connectivity index (χ0n) is 14.2. The van der Waals surface area contributed by atoms with Crippen molar-refractivity contribution in [3.8, 4) is 0 Å². The van der Waals surface area contributed by atoms with Crippen molar-refractivity contribution in [3.63, 3.8) is 0 Å². The highest BCUT2D eigenvalue weighted by atomic mass is 35.5. The van der Waals surface area contributed by atoms with Crippen LogP contribution in [0.4, 0.5) is 10.2 Å². The Balaban J connectivity index is 1.41. The summed E-state index contributed by atoms with van der Waals surface area (Å²) in [4.78, 5) is 13.9. The van der Waals surface area contributed by atoms with Crippen LogP contribution in [0.3, 0.4) is 0 Å². The lowest BCUT2D eigenvalue weighted by atomic mass is 10.2. The van der Waals surface area contributed by atoms with Crippen molar-refractivity contribution in [1.82, 2.24) is 14.9 Å². The normalized spacial score (nSPS) is 19.0. The second kappa shape index (κ2) is 7.26. The Labute approximate surface area is 152 Å². The van der Waals surface area contributed by atoms with E-state index in [4.69, 9.17) is 16.6 Å². The number of aromatic nitrogens is 2. The molecule has 2 aliphatic rings. The van der Waals surface area contributed by atoms with Gasteiger partial charge in [-0.05, 0) is 37.0 Å². The first kappa shape index (κ1) is 16.7. The molecule has 1 aromatic heterocycles. The van der Waals surface area contributed by atoms with Gasteiger partial charge in [0, 0.05) is 44.7 Å². The molecule has 0 unspecified atom stereocenters. The van der Waals surface area contributed by atoms with Crippen molar-refractivity contribution >= 4 is 17.4 Å². The number of halogens is 2. The van der Waals surface area contributed by atoms with Crippen LogP contribution in [0.15, 0.2) is 30.3 Å². The molecule has 1 aliphatic carbocycles. The van der Waals surface area contributed by atoms with Crippen LogP contribution in [0.1, 0.15) is 36.6 Å². The molecule has 0 spiro atoms. The van der Waals surface area contributed by atoms with Gasteiger partial charge in [-0.1, -0.05) is 23.7 Å². The highest BCUT2D eigenvalue weighted by Gasteiger charge is 2.28. The predicted molar refractivity (Wildman–Crippen MR) is 97.5 cm³/mol. The standard InChI is InChI=1S/C19H22ClFN4/c20-17-12-18(23-19(22-17)15-4-5-15)25-9-1-8-24(10-11-25)13-14-2-6-16(21)7-3-14/h2-3,6-7,12,15H,1,4-5,8-11,13H2. The molecule has 6 heteroatoms. The van der Waals surface area contributed by atoms with Crippen molar-refractivity contribution in [1.29, 1.82) is 0 Å². The van der Waals surface area contributed by atoms with Crippen LogP contribution in [-0.2, 0) is 6.54 Å². The molecule has 0 atom stereocenters. The SMILES string of the molecule is Fc1ccc(CN2CCCN(c3cc(Cl)nc(C4CC4)n3)CC2)cc1. The van der Waals surface area contributed by atoms with Crippen molar-refractivity contribution < 1.29 is 4.39 Å². The topological polar surface area (TPSA) is 32.3 Å². The Morgan fingerprint density at radius 1 is 1.04 bits per heavy atom. The summed E-state index contributed by atoms with van der Waals surface area (Å²) < 4.78 is 13.1. The van der Waals surface area contributed by atoms with Gasteiger partial charge < -0.3 is 4.90 Å². The largest absolute Gasteiger partial charge is 0.355 e. The molecule has 1 saturated carbocycles. The Morgan fingerprint density at radius 2 is 1.84 bits per heavy atom. The molecule has 2 heterocycles. The lowest BCUT2D eigenvalue weighted by Crippen LogP contribution is -2.31. The summed E-state index contributed by atoms with van der Waals surface area (Å²) in [5, 5.41) is 0.541. The molecular formula is C19H22ClFN4. The van der Waals surface area contributed by atoms with Gasteiger partial charge in [0.15, 0.2) is 0 Å². The molecule has 2 fully saturated rings. The fraction of sp³-hybridized carbons (Fsp3) is 0.474. The Hall–Kier alpha value is -1.72. The van der Waals surface area contributed by atoms with Gasteiger partial charge in [0.05, 0.1) is 0 Å². The van der Waals surface area contributed by atoms with Gasteiger partial charge in [0.1, 0.15) is 22.6 Å². The summed E-state index contributed by atoms with van der Waals surface area (Å²) in [6.45, 7) is 4.72. The Morgan fingerprint density at radius 3 is 2.60 bits per heavy atom. The minimum atomic E-state index is -0.183. The van der Waals surface area contributed by atoms with Crippen LogP contribution < -0.4 is 4.90 Å². The molecule has 25 heavy (non-hydrogen) atoms. The predicted octanol–water partition coefficient (Wildman–Crippen LogP) is 3.86. The third-order valence-corrected chi connectivity index (χ3v) is 5.07. The van der Waals surface area contributed by atoms with Gasteiger partial charge in [-0.3, -0.25) is 4.90 Å². The minimum absolute atomic E-state index is 0.183. The fourth-order valence-electron chi connectivity index (χ4n) is 3.32. The minimum Gasteiger partial charge on any atom is -0.355 e. The summed E-state index contributed by atoms with van der Waals surface area (Å²) in [6.07, 6.45) is 3.41. The number of hydrogen-bond acceptors (Lipinski definition) is 4. The molecule has 2 aromatic rings. The summed E-state index contributed by atoms with van der Waals surface area (Å²) >= 11 is 6.21. The van der Waals surface area contributed by atoms with E-state index < -0.39 is 0 Å². The van der Waals surface area contributed by atoms with Crippen LogP contribution in [0.25, 0.3) is 0 Å². The van der Waals surface area contributed by atoms with E-state index in [1.807, 2.05) is 18.2 Å². The van der Waals surface area contributed by atoms with E-state index in [0.29, 0.717) is 11.1 Å². The van der Waals surface area contributed by atoms with E-state index in [2.05, 4.69) is 14.8 Å². The smallest absolute Gasteiger partial charge is 0.135 e. The van der Waals surface area contributed by atoms with Gasteiger partial charge in [0.25, 0.3) is 0 Å². The van der Waals surface area contributed by atoms with Crippen LogP contribution in [0.2, 0.25) is 5.15 Å². The number of rotatable bonds is 4.